The molecule has 0 radical (unpaired) electrons. The Balaban J connectivity index is 2.25. The fourth-order valence-electron chi connectivity index (χ4n) is 1.55. The van der Waals surface area contributed by atoms with Crippen molar-refractivity contribution in [2.75, 3.05) is 6.61 Å². The maximum Gasteiger partial charge on any atom is 0.255 e. The van der Waals surface area contributed by atoms with Gasteiger partial charge >= 0.3 is 0 Å². The maximum atomic E-state index is 11.9. The van der Waals surface area contributed by atoms with Crippen LogP contribution in [0.1, 0.15) is 23.7 Å². The van der Waals surface area contributed by atoms with Crippen molar-refractivity contribution in [3.05, 3.63) is 30.4 Å². The molecule has 0 aromatic carbocycles. The fraction of sp³-hybridized carbons (Fsp3) is 0.364. The molecule has 1 atom stereocenters. The van der Waals surface area contributed by atoms with Gasteiger partial charge in [0.15, 0.2) is 0 Å². The summed E-state index contributed by atoms with van der Waals surface area (Å²) < 4.78 is 1.59. The largest absolute Gasteiger partial charge is 0.394 e. The fourth-order valence-corrected chi connectivity index (χ4v) is 1.55. The summed E-state index contributed by atoms with van der Waals surface area (Å²) in [6.07, 6.45) is 7.04. The number of nitrogens with one attached hydrogen (secondary N) is 1. The monoisotopic (exact) mass is 234 g/mol. The molecule has 2 heterocycles. The molecule has 0 bridgehead atoms. The highest BCUT2D eigenvalue weighted by molar-refractivity contribution is 6.00. The van der Waals surface area contributed by atoms with Crippen LogP contribution in [0.2, 0.25) is 0 Å². The van der Waals surface area contributed by atoms with Crippen LogP contribution in [0.15, 0.2) is 24.8 Å². The topological polar surface area (TPSA) is 79.5 Å². The van der Waals surface area contributed by atoms with Crippen LogP contribution in [0.4, 0.5) is 0 Å². The number of fused-ring (bicyclic) bond motifs is 1. The molecule has 1 amide bonds. The summed E-state index contributed by atoms with van der Waals surface area (Å²) in [5.41, 5.74) is 1.11. The highest BCUT2D eigenvalue weighted by Gasteiger charge is 2.15. The van der Waals surface area contributed by atoms with Gasteiger partial charge in [-0.2, -0.15) is 5.10 Å². The lowest BCUT2D eigenvalue weighted by molar-refractivity contribution is 0.0916. The third kappa shape index (κ3) is 2.26. The van der Waals surface area contributed by atoms with Gasteiger partial charge in [0, 0.05) is 12.4 Å². The van der Waals surface area contributed by atoms with Crippen molar-refractivity contribution < 1.29 is 9.90 Å². The van der Waals surface area contributed by atoms with Crippen molar-refractivity contribution in [3.63, 3.8) is 0 Å². The van der Waals surface area contributed by atoms with Gasteiger partial charge in [-0.1, -0.05) is 6.92 Å². The number of hydrogen-bond acceptors (Lipinski definition) is 4. The van der Waals surface area contributed by atoms with E-state index in [1.54, 1.807) is 23.1 Å². The summed E-state index contributed by atoms with van der Waals surface area (Å²) in [4.78, 5) is 15.9. The average molecular weight is 234 g/mol. The lowest BCUT2D eigenvalue weighted by Crippen LogP contribution is -2.36. The number of rotatable bonds is 4. The Kier molecular flexibility index (Phi) is 3.34. The van der Waals surface area contributed by atoms with Crippen LogP contribution in [0.25, 0.3) is 5.52 Å². The number of hydrogen-bond donors (Lipinski definition) is 2. The van der Waals surface area contributed by atoms with E-state index in [0.29, 0.717) is 17.5 Å². The Morgan fingerprint density at radius 3 is 3.12 bits per heavy atom. The van der Waals surface area contributed by atoms with Gasteiger partial charge in [0.05, 0.1) is 36.1 Å². The standard InChI is InChI=1S/C11H14N4O2/c1-2-8(7-16)14-11(17)9-5-13-15-4-3-12-6-10(9)15/h3-6,8,16H,2,7H2,1H3,(H,14,17)/t8-/m0/s1. The zero-order valence-corrected chi connectivity index (χ0v) is 9.50. The van der Waals surface area contributed by atoms with E-state index in [-0.39, 0.29) is 18.6 Å². The molecule has 0 aliphatic rings. The molecule has 2 aromatic rings. The smallest absolute Gasteiger partial charge is 0.255 e. The molecule has 2 N–H and O–H groups in total. The summed E-state index contributed by atoms with van der Waals surface area (Å²) >= 11 is 0. The number of carbonyl (C=O) groups is 1. The first-order chi connectivity index (χ1) is 8.26. The van der Waals surface area contributed by atoms with Gasteiger partial charge in [0.2, 0.25) is 0 Å². The van der Waals surface area contributed by atoms with E-state index in [4.69, 9.17) is 5.11 Å². The van der Waals surface area contributed by atoms with Crippen molar-refractivity contribution in [1.29, 1.82) is 0 Å². The van der Waals surface area contributed by atoms with Gasteiger partial charge in [-0.25, -0.2) is 4.52 Å². The summed E-state index contributed by atoms with van der Waals surface area (Å²) in [7, 11) is 0. The summed E-state index contributed by atoms with van der Waals surface area (Å²) in [5, 5.41) is 15.8. The molecule has 6 nitrogen and oxygen atoms in total. The predicted octanol–water partition coefficient (Wildman–Crippen LogP) is 0.230. The predicted molar refractivity (Wildman–Crippen MR) is 61.6 cm³/mol. The molecular weight excluding hydrogens is 220 g/mol. The molecule has 0 spiro atoms. The lowest BCUT2D eigenvalue weighted by atomic mass is 10.2. The zero-order valence-electron chi connectivity index (χ0n) is 9.50. The SMILES string of the molecule is CC[C@@H](CO)NC(=O)c1cnn2ccncc12. The minimum absolute atomic E-state index is 0.0697. The molecular formula is C11H14N4O2. The Bertz CT molecular complexity index is 519. The molecule has 2 aromatic heterocycles. The van der Waals surface area contributed by atoms with Crippen LogP contribution >= 0.6 is 0 Å². The quantitative estimate of drug-likeness (QED) is 0.793. The third-order valence-corrected chi connectivity index (χ3v) is 2.62. The van der Waals surface area contributed by atoms with Crippen molar-refractivity contribution >= 4 is 11.4 Å². The third-order valence-electron chi connectivity index (χ3n) is 2.62. The van der Waals surface area contributed by atoms with Crippen molar-refractivity contribution in [1.82, 2.24) is 19.9 Å². The Labute approximate surface area is 98.3 Å². The molecule has 0 aliphatic heterocycles. The van der Waals surface area contributed by atoms with Crippen molar-refractivity contribution in [3.8, 4) is 0 Å². The number of aliphatic hydroxyl groups is 1. The van der Waals surface area contributed by atoms with E-state index < -0.39 is 0 Å². The normalized spacial score (nSPS) is 12.6. The van der Waals surface area contributed by atoms with Crippen LogP contribution in [0.3, 0.4) is 0 Å². The molecule has 0 aliphatic carbocycles. The van der Waals surface area contributed by atoms with Gasteiger partial charge in [0.25, 0.3) is 5.91 Å². The summed E-state index contributed by atoms with van der Waals surface area (Å²) in [5.74, 6) is -0.242. The van der Waals surface area contributed by atoms with E-state index in [2.05, 4.69) is 15.4 Å². The second-order valence-corrected chi connectivity index (χ2v) is 3.73. The first kappa shape index (κ1) is 11.5. The Morgan fingerprint density at radius 1 is 1.59 bits per heavy atom. The van der Waals surface area contributed by atoms with Gasteiger partial charge in [-0.3, -0.25) is 9.78 Å². The van der Waals surface area contributed by atoms with Gasteiger partial charge < -0.3 is 10.4 Å². The van der Waals surface area contributed by atoms with Crippen LogP contribution in [0.5, 0.6) is 0 Å². The van der Waals surface area contributed by atoms with E-state index in [1.807, 2.05) is 6.92 Å². The molecule has 2 rings (SSSR count). The number of nitrogens with zero attached hydrogens (tertiary/aromatic N) is 3. The highest BCUT2D eigenvalue weighted by Crippen LogP contribution is 2.08. The van der Waals surface area contributed by atoms with Crippen LogP contribution in [-0.2, 0) is 0 Å². The first-order valence-corrected chi connectivity index (χ1v) is 5.45. The molecule has 0 saturated heterocycles. The minimum atomic E-state index is -0.242. The minimum Gasteiger partial charge on any atom is -0.394 e. The van der Waals surface area contributed by atoms with Crippen molar-refractivity contribution in [2.45, 2.75) is 19.4 Å². The van der Waals surface area contributed by atoms with E-state index >= 15 is 0 Å². The maximum absolute atomic E-state index is 11.9. The van der Waals surface area contributed by atoms with Crippen LogP contribution in [0, 0.1) is 0 Å². The number of carbonyl (C=O) groups excluding carboxylic acids is 1. The van der Waals surface area contributed by atoms with E-state index in [1.165, 1.54) is 6.20 Å². The molecule has 17 heavy (non-hydrogen) atoms. The number of aromatic nitrogens is 3. The summed E-state index contributed by atoms with van der Waals surface area (Å²) in [6.45, 7) is 1.83. The molecule has 0 unspecified atom stereocenters. The van der Waals surface area contributed by atoms with Crippen molar-refractivity contribution in [2.24, 2.45) is 0 Å². The summed E-state index contributed by atoms with van der Waals surface area (Å²) in [6, 6.07) is -0.228. The lowest BCUT2D eigenvalue weighted by Gasteiger charge is -2.13. The molecule has 90 valence electrons. The molecule has 0 fully saturated rings. The highest BCUT2D eigenvalue weighted by atomic mass is 16.3. The second kappa shape index (κ2) is 4.92. The van der Waals surface area contributed by atoms with Gasteiger partial charge in [-0.15, -0.1) is 0 Å². The van der Waals surface area contributed by atoms with Crippen LogP contribution in [-0.4, -0.2) is 38.3 Å². The van der Waals surface area contributed by atoms with Crippen LogP contribution < -0.4 is 5.32 Å². The van der Waals surface area contributed by atoms with E-state index in [0.717, 1.165) is 0 Å². The average Bonchev–Trinajstić information content (AvgIpc) is 2.79. The van der Waals surface area contributed by atoms with E-state index in [9.17, 15) is 4.79 Å². The zero-order chi connectivity index (χ0) is 12.3. The van der Waals surface area contributed by atoms with Gasteiger partial charge in [0.1, 0.15) is 0 Å². The Morgan fingerprint density at radius 2 is 2.41 bits per heavy atom. The Hall–Kier alpha value is -1.95. The first-order valence-electron chi connectivity index (χ1n) is 5.45. The second-order valence-electron chi connectivity index (χ2n) is 3.73. The number of aliphatic hydroxyl groups excluding tert-OH is 1. The molecule has 6 heteroatoms. The van der Waals surface area contributed by atoms with Gasteiger partial charge in [-0.05, 0) is 6.42 Å². The number of amides is 1. The molecule has 0 saturated carbocycles.